The van der Waals surface area contributed by atoms with Crippen molar-refractivity contribution < 1.29 is 4.79 Å². The molecule has 6 nitrogen and oxygen atoms in total. The largest absolute Gasteiger partial charge is 0.355 e. The van der Waals surface area contributed by atoms with Crippen molar-refractivity contribution in [1.82, 2.24) is 20.1 Å². The minimum Gasteiger partial charge on any atom is -0.355 e. The van der Waals surface area contributed by atoms with E-state index in [1.807, 2.05) is 7.05 Å². The number of aromatic nitrogens is 3. The van der Waals surface area contributed by atoms with Gasteiger partial charge in [-0.25, -0.2) is 4.98 Å². The van der Waals surface area contributed by atoms with Crippen LogP contribution < -0.4 is 11.1 Å². The third-order valence-corrected chi connectivity index (χ3v) is 4.58. The number of fused-ring (bicyclic) bond motifs is 2. The molecule has 1 aromatic rings. The topological polar surface area (TPSA) is 85.8 Å². The number of rotatable bonds is 4. The molecule has 7 heteroatoms. The SMILES string of the molecule is Cl.Cn1cnc(CCNC(=O)C2C3CCC(C3)C2N)n1. The molecule has 1 amide bonds. The third-order valence-electron chi connectivity index (χ3n) is 4.58. The predicted molar refractivity (Wildman–Crippen MR) is 77.3 cm³/mol. The highest BCUT2D eigenvalue weighted by molar-refractivity contribution is 5.85. The van der Waals surface area contributed by atoms with Crippen molar-refractivity contribution in [2.75, 3.05) is 6.54 Å². The maximum Gasteiger partial charge on any atom is 0.224 e. The molecule has 0 aliphatic heterocycles. The van der Waals surface area contributed by atoms with E-state index in [1.165, 1.54) is 6.42 Å². The summed E-state index contributed by atoms with van der Waals surface area (Å²) in [5.41, 5.74) is 6.16. The number of hydrogen-bond acceptors (Lipinski definition) is 4. The first-order valence-electron chi connectivity index (χ1n) is 7.03. The molecule has 20 heavy (non-hydrogen) atoms. The first-order chi connectivity index (χ1) is 9.15. The van der Waals surface area contributed by atoms with Gasteiger partial charge < -0.3 is 11.1 Å². The first kappa shape index (κ1) is 15.3. The Kier molecular flexibility index (Phi) is 4.65. The monoisotopic (exact) mass is 299 g/mol. The van der Waals surface area contributed by atoms with Gasteiger partial charge in [-0.3, -0.25) is 9.48 Å². The second-order valence-corrected chi connectivity index (χ2v) is 5.81. The van der Waals surface area contributed by atoms with Crippen LogP contribution in [-0.2, 0) is 18.3 Å². The number of aryl methyl sites for hydroxylation is 1. The van der Waals surface area contributed by atoms with Gasteiger partial charge in [-0.05, 0) is 31.1 Å². The Morgan fingerprint density at radius 2 is 2.25 bits per heavy atom. The third kappa shape index (κ3) is 2.81. The van der Waals surface area contributed by atoms with Crippen LogP contribution in [0, 0.1) is 17.8 Å². The number of carbonyl (C=O) groups is 1. The van der Waals surface area contributed by atoms with Gasteiger partial charge in [-0.15, -0.1) is 12.4 Å². The normalized spacial score (nSPS) is 31.1. The number of halogens is 1. The molecule has 2 aliphatic rings. The number of nitrogens with one attached hydrogen (secondary N) is 1. The standard InChI is InChI=1S/C13H21N5O.ClH/c1-18-7-16-10(17-18)4-5-15-13(19)11-8-2-3-9(6-8)12(11)14;/h7-9,11-12H,2-6,14H2,1H3,(H,15,19);1H. The number of nitrogens with two attached hydrogens (primary N) is 1. The summed E-state index contributed by atoms with van der Waals surface area (Å²) in [5.74, 6) is 1.98. The minimum absolute atomic E-state index is 0. The molecule has 2 bridgehead atoms. The Bertz CT molecular complexity index is 475. The van der Waals surface area contributed by atoms with Crippen molar-refractivity contribution >= 4 is 18.3 Å². The summed E-state index contributed by atoms with van der Waals surface area (Å²) in [6.07, 6.45) is 5.85. The molecular weight excluding hydrogens is 278 g/mol. The molecule has 0 spiro atoms. The van der Waals surface area contributed by atoms with Gasteiger partial charge in [0.15, 0.2) is 5.82 Å². The molecule has 4 atom stereocenters. The van der Waals surface area contributed by atoms with E-state index >= 15 is 0 Å². The summed E-state index contributed by atoms with van der Waals surface area (Å²) < 4.78 is 1.67. The molecule has 0 radical (unpaired) electrons. The van der Waals surface area contributed by atoms with Gasteiger partial charge in [0.2, 0.25) is 5.91 Å². The molecule has 112 valence electrons. The van der Waals surface area contributed by atoms with Crippen LogP contribution in [0.25, 0.3) is 0 Å². The maximum atomic E-state index is 12.2. The van der Waals surface area contributed by atoms with E-state index < -0.39 is 0 Å². The quantitative estimate of drug-likeness (QED) is 0.835. The Morgan fingerprint density at radius 1 is 1.50 bits per heavy atom. The van der Waals surface area contributed by atoms with Crippen molar-refractivity contribution in [3.8, 4) is 0 Å². The first-order valence-corrected chi connectivity index (χ1v) is 7.03. The highest BCUT2D eigenvalue weighted by atomic mass is 35.5. The molecule has 1 aromatic heterocycles. The summed E-state index contributed by atoms with van der Waals surface area (Å²) in [4.78, 5) is 16.3. The van der Waals surface area contributed by atoms with Crippen LogP contribution in [0.2, 0.25) is 0 Å². The fourth-order valence-corrected chi connectivity index (χ4v) is 3.64. The van der Waals surface area contributed by atoms with E-state index in [9.17, 15) is 4.79 Å². The van der Waals surface area contributed by atoms with Gasteiger partial charge in [-0.2, -0.15) is 5.10 Å². The summed E-state index contributed by atoms with van der Waals surface area (Å²) >= 11 is 0. The Balaban J connectivity index is 0.00000147. The molecule has 0 saturated heterocycles. The smallest absolute Gasteiger partial charge is 0.224 e. The van der Waals surface area contributed by atoms with Crippen LogP contribution >= 0.6 is 12.4 Å². The van der Waals surface area contributed by atoms with E-state index in [2.05, 4.69) is 15.4 Å². The summed E-state index contributed by atoms with van der Waals surface area (Å²) in [6.45, 7) is 0.587. The summed E-state index contributed by atoms with van der Waals surface area (Å²) in [6, 6.07) is 0.0618. The highest BCUT2D eigenvalue weighted by Crippen LogP contribution is 2.47. The lowest BCUT2D eigenvalue weighted by molar-refractivity contribution is -0.127. The zero-order chi connectivity index (χ0) is 13.4. The summed E-state index contributed by atoms with van der Waals surface area (Å²) in [5, 5.41) is 7.18. The van der Waals surface area contributed by atoms with Crippen molar-refractivity contribution in [1.29, 1.82) is 0 Å². The number of carbonyl (C=O) groups excluding carboxylic acids is 1. The van der Waals surface area contributed by atoms with E-state index in [0.717, 1.165) is 18.7 Å². The average Bonchev–Trinajstić information content (AvgIpc) is 3.05. The Labute approximate surface area is 124 Å². The van der Waals surface area contributed by atoms with Gasteiger partial charge in [0, 0.05) is 26.1 Å². The van der Waals surface area contributed by atoms with Crippen LogP contribution in [0.3, 0.4) is 0 Å². The van der Waals surface area contributed by atoms with Gasteiger partial charge >= 0.3 is 0 Å². The fraction of sp³-hybridized carbons (Fsp3) is 0.769. The van der Waals surface area contributed by atoms with E-state index in [4.69, 9.17) is 5.73 Å². The lowest BCUT2D eigenvalue weighted by atomic mass is 9.84. The van der Waals surface area contributed by atoms with Gasteiger partial charge in [0.05, 0.1) is 5.92 Å². The lowest BCUT2D eigenvalue weighted by Crippen LogP contribution is -2.45. The van der Waals surface area contributed by atoms with Crippen molar-refractivity contribution in [3.63, 3.8) is 0 Å². The van der Waals surface area contributed by atoms with Crippen molar-refractivity contribution in [3.05, 3.63) is 12.2 Å². The van der Waals surface area contributed by atoms with Gasteiger partial charge in [-0.1, -0.05) is 0 Å². The molecule has 2 aliphatic carbocycles. The maximum absolute atomic E-state index is 12.2. The highest BCUT2D eigenvalue weighted by Gasteiger charge is 2.48. The van der Waals surface area contributed by atoms with E-state index in [0.29, 0.717) is 24.8 Å². The zero-order valence-corrected chi connectivity index (χ0v) is 12.5. The second kappa shape index (κ2) is 6.10. The van der Waals surface area contributed by atoms with Crippen LogP contribution in [0.4, 0.5) is 0 Å². The molecule has 1 heterocycles. The van der Waals surface area contributed by atoms with Crippen LogP contribution in [0.1, 0.15) is 25.1 Å². The van der Waals surface area contributed by atoms with Crippen molar-refractivity contribution in [2.45, 2.75) is 31.7 Å². The summed E-state index contributed by atoms with van der Waals surface area (Å²) in [7, 11) is 1.84. The predicted octanol–water partition coefficient (Wildman–Crippen LogP) is 0.269. The minimum atomic E-state index is 0. The lowest BCUT2D eigenvalue weighted by Gasteiger charge is -2.26. The van der Waals surface area contributed by atoms with Crippen LogP contribution in [-0.4, -0.2) is 33.3 Å². The van der Waals surface area contributed by atoms with E-state index in [-0.39, 0.29) is 30.3 Å². The Hall–Kier alpha value is -1.14. The molecule has 0 aromatic carbocycles. The van der Waals surface area contributed by atoms with Crippen molar-refractivity contribution in [2.24, 2.45) is 30.5 Å². The molecule has 3 N–H and O–H groups in total. The molecule has 2 saturated carbocycles. The zero-order valence-electron chi connectivity index (χ0n) is 11.7. The molecule has 3 rings (SSSR count). The average molecular weight is 300 g/mol. The Morgan fingerprint density at radius 3 is 2.85 bits per heavy atom. The number of nitrogens with zero attached hydrogens (tertiary/aromatic N) is 3. The molecule has 2 fully saturated rings. The van der Waals surface area contributed by atoms with Gasteiger partial charge in [0.25, 0.3) is 0 Å². The van der Waals surface area contributed by atoms with Crippen LogP contribution in [0.5, 0.6) is 0 Å². The molecular formula is C13H22ClN5O. The fourth-order valence-electron chi connectivity index (χ4n) is 3.64. The molecule has 4 unspecified atom stereocenters. The number of hydrogen-bond donors (Lipinski definition) is 2. The second-order valence-electron chi connectivity index (χ2n) is 5.81. The number of amides is 1. The van der Waals surface area contributed by atoms with E-state index in [1.54, 1.807) is 11.0 Å². The van der Waals surface area contributed by atoms with Gasteiger partial charge in [0.1, 0.15) is 6.33 Å². The van der Waals surface area contributed by atoms with Crippen LogP contribution in [0.15, 0.2) is 6.33 Å².